The molecule has 0 aliphatic carbocycles. The van der Waals surface area contributed by atoms with Crippen LogP contribution in [0.15, 0.2) is 35.0 Å². The molecular formula is C25H30BrNO11S2. The molecule has 2 aromatic rings. The number of carbonyl (C=O) groups is 4. The van der Waals surface area contributed by atoms with E-state index in [4.69, 9.17) is 29.9 Å². The zero-order valence-corrected chi connectivity index (χ0v) is 24.7. The summed E-state index contributed by atoms with van der Waals surface area (Å²) in [5, 5.41) is 48.9. The highest BCUT2D eigenvalue weighted by molar-refractivity contribution is 7.12. The first-order valence-corrected chi connectivity index (χ1v) is 13.9. The molecule has 12 nitrogen and oxygen atoms in total. The number of ether oxygens (including phenoxy) is 2. The second-order valence-electron chi connectivity index (χ2n) is 10.5. The number of quaternary nitrogens is 1. The van der Waals surface area contributed by atoms with Crippen molar-refractivity contribution >= 4 is 46.6 Å². The maximum atomic E-state index is 13.1. The summed E-state index contributed by atoms with van der Waals surface area (Å²) >= 11 is 2.74. The number of hydrogen-bond acceptors (Lipinski definition) is 10. The Kier molecular flexibility index (Phi) is 9.50. The Labute approximate surface area is 247 Å². The van der Waals surface area contributed by atoms with E-state index in [0.717, 1.165) is 17.3 Å². The van der Waals surface area contributed by atoms with E-state index in [-0.39, 0.29) is 23.1 Å². The maximum Gasteiger partial charge on any atom is 0.349 e. The molecule has 0 aromatic carbocycles. The molecule has 0 saturated carbocycles. The van der Waals surface area contributed by atoms with Crippen LogP contribution in [-0.2, 0) is 34.3 Å². The highest BCUT2D eigenvalue weighted by atomic mass is 79.9. The Hall–Kier alpha value is -2.40. The van der Waals surface area contributed by atoms with E-state index in [2.05, 4.69) is 14.1 Å². The first-order chi connectivity index (χ1) is 18.2. The van der Waals surface area contributed by atoms with Gasteiger partial charge in [-0.15, -0.1) is 22.7 Å². The average Bonchev–Trinajstić information content (AvgIpc) is 3.15. The van der Waals surface area contributed by atoms with Crippen molar-refractivity contribution in [1.82, 2.24) is 0 Å². The smallest absolute Gasteiger partial charge is 0.349 e. The topological polar surface area (TPSA) is 191 Å². The molecule has 2 bridgehead atoms. The Morgan fingerprint density at radius 3 is 1.73 bits per heavy atom. The molecule has 0 amide bonds. The zero-order valence-electron chi connectivity index (χ0n) is 21.5. The fourth-order valence-electron chi connectivity index (χ4n) is 5.54. The van der Waals surface area contributed by atoms with Gasteiger partial charge in [-0.25, -0.2) is 9.59 Å². The summed E-state index contributed by atoms with van der Waals surface area (Å²) in [6.07, 6.45) is -0.239. The van der Waals surface area contributed by atoms with Crippen LogP contribution >= 0.6 is 22.7 Å². The molecule has 5 atom stereocenters. The Balaban J connectivity index is 0.000000272. The Morgan fingerprint density at radius 1 is 0.925 bits per heavy atom. The molecule has 15 heteroatoms. The van der Waals surface area contributed by atoms with Crippen LogP contribution in [0.3, 0.4) is 0 Å². The number of carbonyl (C=O) groups excluding carboxylic acids is 1. The molecule has 3 aliphatic heterocycles. The van der Waals surface area contributed by atoms with E-state index >= 15 is 0 Å². The predicted octanol–water partition coefficient (Wildman–Crippen LogP) is -1.90. The molecule has 5 N–H and O–H groups in total. The lowest BCUT2D eigenvalue weighted by Gasteiger charge is -2.45. The van der Waals surface area contributed by atoms with Crippen LogP contribution in [0.2, 0.25) is 0 Å². The fraction of sp³-hybridized carbons (Fsp3) is 0.520. The number of likely N-dealkylation sites (N-methyl/N-ethyl adjacent to an activating group) is 1. The number of hydrogen-bond donors (Lipinski definition) is 5. The first-order valence-electron chi connectivity index (χ1n) is 12.1. The highest BCUT2D eigenvalue weighted by Crippen LogP contribution is 2.52. The van der Waals surface area contributed by atoms with Crippen molar-refractivity contribution in [2.75, 3.05) is 14.1 Å². The van der Waals surface area contributed by atoms with Crippen molar-refractivity contribution in [3.63, 3.8) is 0 Å². The molecule has 220 valence electrons. The number of epoxide rings is 1. The van der Waals surface area contributed by atoms with E-state index < -0.39 is 47.9 Å². The van der Waals surface area contributed by atoms with E-state index in [1.54, 1.807) is 12.1 Å². The molecule has 0 radical (unpaired) electrons. The molecule has 1 unspecified atom stereocenters. The third-order valence-electron chi connectivity index (χ3n) is 7.65. The number of rotatable bonds is 9. The number of thiophene rings is 2. The number of carboxylic acids is 3. The minimum atomic E-state index is -2.74. The van der Waals surface area contributed by atoms with Crippen LogP contribution in [0.1, 0.15) is 35.4 Å². The quantitative estimate of drug-likeness (QED) is 0.114. The lowest BCUT2D eigenvalue weighted by molar-refractivity contribution is -0.938. The van der Waals surface area contributed by atoms with Gasteiger partial charge in [0.1, 0.15) is 30.4 Å². The monoisotopic (exact) mass is 663 g/mol. The summed E-state index contributed by atoms with van der Waals surface area (Å²) in [6.45, 7) is 0. The summed E-state index contributed by atoms with van der Waals surface area (Å²) in [4.78, 5) is 44.8. The van der Waals surface area contributed by atoms with Gasteiger partial charge >= 0.3 is 23.9 Å². The molecule has 5 heterocycles. The zero-order chi connectivity index (χ0) is 28.8. The molecule has 2 aromatic heterocycles. The summed E-state index contributed by atoms with van der Waals surface area (Å²) in [5.41, 5.74) is -4.46. The number of aliphatic hydroxyl groups is 2. The maximum absolute atomic E-state index is 13.1. The minimum absolute atomic E-state index is 0. The van der Waals surface area contributed by atoms with Gasteiger partial charge in [-0.1, -0.05) is 12.1 Å². The molecule has 3 fully saturated rings. The lowest BCUT2D eigenvalue weighted by atomic mass is 9.95. The second-order valence-corrected chi connectivity index (χ2v) is 12.4. The molecule has 5 rings (SSSR count). The van der Waals surface area contributed by atoms with E-state index in [0.29, 0.717) is 34.0 Å². The summed E-state index contributed by atoms with van der Waals surface area (Å²) in [6, 6.07) is 8.01. The van der Waals surface area contributed by atoms with Crippen molar-refractivity contribution in [1.29, 1.82) is 0 Å². The third kappa shape index (κ3) is 6.10. The number of carboxylic acid groups (broad SMARTS) is 3. The number of esters is 1. The van der Waals surface area contributed by atoms with Gasteiger partial charge in [0.25, 0.3) is 0 Å². The van der Waals surface area contributed by atoms with Crippen LogP contribution in [0.5, 0.6) is 0 Å². The fourth-order valence-corrected chi connectivity index (χ4v) is 7.26. The van der Waals surface area contributed by atoms with Gasteiger partial charge in [0, 0.05) is 12.8 Å². The van der Waals surface area contributed by atoms with Crippen molar-refractivity contribution in [2.45, 2.75) is 67.3 Å². The summed E-state index contributed by atoms with van der Waals surface area (Å²) in [5.74, 6) is -5.58. The molecular weight excluding hydrogens is 634 g/mol. The summed E-state index contributed by atoms with van der Waals surface area (Å²) < 4.78 is 12.6. The number of nitrogens with zero attached hydrogens (tertiary/aromatic N) is 1. The Bertz CT molecular complexity index is 1160. The van der Waals surface area contributed by atoms with Crippen molar-refractivity contribution < 1.29 is 75.6 Å². The van der Waals surface area contributed by atoms with Crippen LogP contribution in [0, 0.1) is 0 Å². The molecule has 0 spiro atoms. The van der Waals surface area contributed by atoms with Crippen molar-refractivity contribution in [2.24, 2.45) is 0 Å². The van der Waals surface area contributed by atoms with Gasteiger partial charge in [-0.05, 0) is 22.9 Å². The van der Waals surface area contributed by atoms with Gasteiger partial charge in [0.05, 0.1) is 36.7 Å². The lowest BCUT2D eigenvalue weighted by Crippen LogP contribution is -3.00. The van der Waals surface area contributed by atoms with Gasteiger partial charge in [-0.2, -0.15) is 0 Å². The van der Waals surface area contributed by atoms with Gasteiger partial charge in [0.15, 0.2) is 5.60 Å². The number of aliphatic carboxylic acids is 3. The van der Waals surface area contributed by atoms with Crippen LogP contribution in [-0.4, -0.2) is 104 Å². The first kappa shape index (κ1) is 32.1. The third-order valence-corrected chi connectivity index (χ3v) is 9.61. The molecule has 3 saturated heterocycles. The summed E-state index contributed by atoms with van der Waals surface area (Å²) in [7, 11) is 4.49. The highest BCUT2D eigenvalue weighted by Gasteiger charge is 2.71. The normalized spacial score (nSPS) is 25.9. The predicted molar refractivity (Wildman–Crippen MR) is 136 cm³/mol. The SMILES string of the molecule is C[N+]1(C)[C@H]2CC(OC(=O)C(O)(c3cccs3)c3cccs3)C[C@H]1[C@H]1O[C@H]12.O=C(O)CC(O)(CC(=O)O)C(=O)O.[Br-]. The molecule has 40 heavy (non-hydrogen) atoms. The van der Waals surface area contributed by atoms with Crippen LogP contribution < -0.4 is 17.0 Å². The van der Waals surface area contributed by atoms with Gasteiger partial charge in [0.2, 0.25) is 5.60 Å². The second kappa shape index (κ2) is 11.8. The average molecular weight is 665 g/mol. The van der Waals surface area contributed by atoms with Gasteiger partial charge in [-0.3, -0.25) is 9.59 Å². The van der Waals surface area contributed by atoms with Gasteiger partial charge < -0.3 is 56.5 Å². The standard InChI is InChI=1S/C19H22NO4S2.C6H8O7.BrH/c1-20(2)12-9-11(10-13(20)17-16(12)24-17)23-18(21)19(22,14-5-3-7-25-14)15-6-4-8-26-15;7-3(8)1-6(13,5(11)12)2-4(9)10;/h3-8,11-13,16-17,22H,9-10H2,1-2H3;13H,1-2H2,(H,7,8)(H,9,10)(H,11,12);1H/q+1;;/p-1/t11?,12-,13-,16-,17+;;/m0../s1. The van der Waals surface area contributed by atoms with Crippen molar-refractivity contribution in [3.8, 4) is 0 Å². The number of morpholine rings is 1. The number of piperidine rings is 1. The largest absolute Gasteiger partial charge is 1.00 e. The van der Waals surface area contributed by atoms with E-state index in [1.165, 1.54) is 22.7 Å². The van der Waals surface area contributed by atoms with E-state index in [9.17, 15) is 24.3 Å². The van der Waals surface area contributed by atoms with E-state index in [1.807, 2.05) is 22.9 Å². The molecule has 3 aliphatic rings. The van der Waals surface area contributed by atoms with Crippen LogP contribution in [0.4, 0.5) is 0 Å². The van der Waals surface area contributed by atoms with Crippen molar-refractivity contribution in [3.05, 3.63) is 44.8 Å². The minimum Gasteiger partial charge on any atom is -1.00 e. The Morgan fingerprint density at radius 2 is 1.38 bits per heavy atom. The van der Waals surface area contributed by atoms with Crippen LogP contribution in [0.25, 0.3) is 0 Å². The number of fused-ring (bicyclic) bond motifs is 5. The number of halogens is 1.